The molecule has 0 heterocycles. The number of allylic oxidation sites excluding steroid dienone is 4. The molecule has 1 nitrogen and oxygen atoms in total. The second-order valence-electron chi connectivity index (χ2n) is 1.93. The van der Waals surface area contributed by atoms with Gasteiger partial charge in [-0.15, -0.1) is 0 Å². The van der Waals surface area contributed by atoms with Crippen molar-refractivity contribution in [2.45, 2.75) is 6.92 Å². The molecular formula is C8H12ClN. The van der Waals surface area contributed by atoms with Crippen LogP contribution in [0.1, 0.15) is 6.92 Å². The van der Waals surface area contributed by atoms with Crippen molar-refractivity contribution in [1.29, 1.82) is 0 Å². The number of rotatable bonds is 3. The van der Waals surface area contributed by atoms with Crippen molar-refractivity contribution in [2.24, 2.45) is 0 Å². The molecule has 0 aromatic heterocycles. The Labute approximate surface area is 67.1 Å². The van der Waals surface area contributed by atoms with Gasteiger partial charge in [0.1, 0.15) is 0 Å². The van der Waals surface area contributed by atoms with Crippen LogP contribution in [0.2, 0.25) is 0 Å². The minimum Gasteiger partial charge on any atom is -0.394 e. The summed E-state index contributed by atoms with van der Waals surface area (Å²) in [6.45, 7) is 5.56. The van der Waals surface area contributed by atoms with Crippen molar-refractivity contribution in [2.75, 3.05) is 7.05 Å². The Hall–Kier alpha value is -0.690. The van der Waals surface area contributed by atoms with Crippen molar-refractivity contribution in [3.05, 3.63) is 35.5 Å². The average molecular weight is 158 g/mol. The van der Waals surface area contributed by atoms with E-state index in [0.717, 1.165) is 10.6 Å². The van der Waals surface area contributed by atoms with Gasteiger partial charge in [-0.25, -0.2) is 0 Å². The molecule has 0 saturated carbocycles. The molecule has 56 valence electrons. The SMILES string of the molecule is C=C(/C=C\NC)/C=C(/C)Cl. The van der Waals surface area contributed by atoms with Gasteiger partial charge in [0.2, 0.25) is 0 Å². The van der Waals surface area contributed by atoms with E-state index in [1.54, 1.807) is 12.3 Å². The molecule has 0 rings (SSSR count). The van der Waals surface area contributed by atoms with Crippen molar-refractivity contribution >= 4 is 11.6 Å². The van der Waals surface area contributed by atoms with Gasteiger partial charge in [0.15, 0.2) is 0 Å². The van der Waals surface area contributed by atoms with E-state index in [4.69, 9.17) is 11.6 Å². The Kier molecular flexibility index (Phi) is 4.77. The molecule has 0 bridgehead atoms. The smallest absolute Gasteiger partial charge is 0.0155 e. The molecule has 0 amide bonds. The molecule has 0 spiro atoms. The number of hydrogen-bond acceptors (Lipinski definition) is 1. The summed E-state index contributed by atoms with van der Waals surface area (Å²) in [6.07, 6.45) is 5.46. The van der Waals surface area contributed by atoms with Gasteiger partial charge >= 0.3 is 0 Å². The van der Waals surface area contributed by atoms with E-state index in [1.165, 1.54) is 0 Å². The van der Waals surface area contributed by atoms with Crippen LogP contribution < -0.4 is 5.32 Å². The largest absolute Gasteiger partial charge is 0.394 e. The standard InChI is InChI=1S/C8H12ClN/c1-7(4-5-10-3)6-8(2)9/h4-6,10H,1H2,2-3H3/b5-4-,8-6-. The summed E-state index contributed by atoms with van der Waals surface area (Å²) in [5.74, 6) is 0. The Balaban J connectivity index is 3.87. The van der Waals surface area contributed by atoms with Crippen LogP contribution in [0, 0.1) is 0 Å². The fourth-order valence-electron chi connectivity index (χ4n) is 0.494. The van der Waals surface area contributed by atoms with Crippen LogP contribution in [0.4, 0.5) is 0 Å². The zero-order valence-electron chi connectivity index (χ0n) is 6.32. The number of nitrogens with one attached hydrogen (secondary N) is 1. The van der Waals surface area contributed by atoms with Gasteiger partial charge in [-0.1, -0.05) is 18.2 Å². The topological polar surface area (TPSA) is 12.0 Å². The van der Waals surface area contributed by atoms with Gasteiger partial charge in [0.25, 0.3) is 0 Å². The second-order valence-corrected chi connectivity index (χ2v) is 2.52. The van der Waals surface area contributed by atoms with Gasteiger partial charge in [0, 0.05) is 12.1 Å². The predicted molar refractivity (Wildman–Crippen MR) is 46.9 cm³/mol. The normalized spacial score (nSPS) is 12.1. The summed E-state index contributed by atoms with van der Waals surface area (Å²) in [4.78, 5) is 0. The minimum absolute atomic E-state index is 0.741. The summed E-state index contributed by atoms with van der Waals surface area (Å²) >= 11 is 5.60. The van der Waals surface area contributed by atoms with Gasteiger partial charge in [-0.05, 0) is 30.8 Å². The summed E-state index contributed by atoms with van der Waals surface area (Å²) < 4.78 is 0. The highest BCUT2D eigenvalue weighted by atomic mass is 35.5. The van der Waals surface area contributed by atoms with Crippen molar-refractivity contribution in [1.82, 2.24) is 5.32 Å². The first-order valence-electron chi connectivity index (χ1n) is 3.03. The van der Waals surface area contributed by atoms with Crippen molar-refractivity contribution in [3.8, 4) is 0 Å². The highest BCUT2D eigenvalue weighted by Crippen LogP contribution is 2.04. The second kappa shape index (κ2) is 5.12. The van der Waals surface area contributed by atoms with E-state index in [1.807, 2.05) is 20.0 Å². The third-order valence-corrected chi connectivity index (χ3v) is 0.957. The van der Waals surface area contributed by atoms with Crippen LogP contribution in [-0.4, -0.2) is 7.05 Å². The quantitative estimate of drug-likeness (QED) is 0.621. The van der Waals surface area contributed by atoms with E-state index in [-0.39, 0.29) is 0 Å². The molecule has 2 heteroatoms. The minimum atomic E-state index is 0.741. The lowest BCUT2D eigenvalue weighted by atomic mass is 10.3. The summed E-state index contributed by atoms with van der Waals surface area (Å²) in [5, 5.41) is 3.60. The fourth-order valence-corrected chi connectivity index (χ4v) is 0.634. The van der Waals surface area contributed by atoms with E-state index in [9.17, 15) is 0 Å². The molecule has 0 radical (unpaired) electrons. The Morgan fingerprint density at radius 2 is 2.20 bits per heavy atom. The third-order valence-electron chi connectivity index (χ3n) is 0.848. The third kappa shape index (κ3) is 5.45. The highest BCUT2D eigenvalue weighted by molar-refractivity contribution is 6.29. The fraction of sp³-hybridized carbons (Fsp3) is 0.250. The van der Waals surface area contributed by atoms with Crippen LogP contribution in [0.25, 0.3) is 0 Å². The van der Waals surface area contributed by atoms with Crippen LogP contribution in [0.15, 0.2) is 35.5 Å². The molecule has 0 unspecified atom stereocenters. The number of hydrogen-bond donors (Lipinski definition) is 1. The first kappa shape index (κ1) is 9.31. The molecule has 0 fully saturated rings. The van der Waals surface area contributed by atoms with Crippen LogP contribution in [0.5, 0.6) is 0 Å². The maximum atomic E-state index is 5.60. The first-order chi connectivity index (χ1) is 4.66. The molecular weight excluding hydrogens is 146 g/mol. The molecule has 10 heavy (non-hydrogen) atoms. The van der Waals surface area contributed by atoms with Gasteiger partial charge < -0.3 is 5.32 Å². The molecule has 0 atom stereocenters. The lowest BCUT2D eigenvalue weighted by Crippen LogP contribution is -1.90. The maximum absolute atomic E-state index is 5.60. The molecule has 0 aliphatic rings. The summed E-state index contributed by atoms with van der Waals surface area (Å²) in [6, 6.07) is 0. The lowest BCUT2D eigenvalue weighted by Gasteiger charge is -1.89. The monoisotopic (exact) mass is 157 g/mol. The van der Waals surface area contributed by atoms with E-state index < -0.39 is 0 Å². The van der Waals surface area contributed by atoms with E-state index >= 15 is 0 Å². The predicted octanol–water partition coefficient (Wildman–Crippen LogP) is 2.42. The molecule has 0 aliphatic heterocycles. The molecule has 1 N–H and O–H groups in total. The lowest BCUT2D eigenvalue weighted by molar-refractivity contribution is 1.10. The molecule has 0 aromatic rings. The zero-order valence-corrected chi connectivity index (χ0v) is 7.07. The van der Waals surface area contributed by atoms with E-state index in [2.05, 4.69) is 11.9 Å². The summed E-state index contributed by atoms with van der Waals surface area (Å²) in [5.41, 5.74) is 0.891. The van der Waals surface area contributed by atoms with Gasteiger partial charge in [-0.2, -0.15) is 0 Å². The van der Waals surface area contributed by atoms with Gasteiger partial charge in [-0.3, -0.25) is 0 Å². The maximum Gasteiger partial charge on any atom is 0.0155 e. The number of halogens is 1. The average Bonchev–Trinajstić information content (AvgIpc) is 1.82. The van der Waals surface area contributed by atoms with Crippen LogP contribution >= 0.6 is 11.6 Å². The molecule has 0 aliphatic carbocycles. The molecule has 0 saturated heterocycles. The van der Waals surface area contributed by atoms with Crippen LogP contribution in [-0.2, 0) is 0 Å². The first-order valence-corrected chi connectivity index (χ1v) is 3.41. The highest BCUT2D eigenvalue weighted by Gasteiger charge is 1.81. The van der Waals surface area contributed by atoms with Crippen molar-refractivity contribution < 1.29 is 0 Å². The van der Waals surface area contributed by atoms with Crippen LogP contribution in [0.3, 0.4) is 0 Å². The Morgan fingerprint density at radius 3 is 2.60 bits per heavy atom. The molecule has 0 aromatic carbocycles. The van der Waals surface area contributed by atoms with E-state index in [0.29, 0.717) is 0 Å². The Morgan fingerprint density at radius 1 is 1.60 bits per heavy atom. The Bertz CT molecular complexity index is 164. The zero-order chi connectivity index (χ0) is 7.98. The summed E-state index contributed by atoms with van der Waals surface area (Å²) in [7, 11) is 1.83. The van der Waals surface area contributed by atoms with Gasteiger partial charge in [0.05, 0.1) is 0 Å². The van der Waals surface area contributed by atoms with Crippen molar-refractivity contribution in [3.63, 3.8) is 0 Å².